The van der Waals surface area contributed by atoms with Gasteiger partial charge in [-0.25, -0.2) is 4.79 Å². The molecule has 0 bridgehead atoms. The lowest BCUT2D eigenvalue weighted by atomic mass is 9.73. The Hall–Kier alpha value is -2.04. The van der Waals surface area contributed by atoms with Gasteiger partial charge in [0.25, 0.3) is 0 Å². The molecule has 1 saturated heterocycles. The maximum atomic E-state index is 12.7. The van der Waals surface area contributed by atoms with Gasteiger partial charge in [-0.05, 0) is 55.6 Å². The highest BCUT2D eigenvalue weighted by Gasteiger charge is 2.46. The van der Waals surface area contributed by atoms with Crippen LogP contribution in [0.25, 0.3) is 0 Å². The molecule has 1 aliphatic heterocycles. The second kappa shape index (κ2) is 7.91. The molecular weight excluding hydrogens is 338 g/mol. The second-order valence-corrected chi connectivity index (χ2v) is 8.20. The van der Waals surface area contributed by atoms with Crippen LogP contribution >= 0.6 is 0 Å². The summed E-state index contributed by atoms with van der Waals surface area (Å²) in [5, 5.41) is 0. The van der Waals surface area contributed by atoms with E-state index >= 15 is 0 Å². The lowest BCUT2D eigenvalue weighted by Crippen LogP contribution is -2.47. The highest BCUT2D eigenvalue weighted by Crippen LogP contribution is 2.52. The van der Waals surface area contributed by atoms with E-state index in [4.69, 9.17) is 0 Å². The summed E-state index contributed by atoms with van der Waals surface area (Å²) >= 11 is 0. The summed E-state index contributed by atoms with van der Waals surface area (Å²) in [4.78, 5) is 30.6. The molecule has 5 nitrogen and oxygen atoms in total. The molecule has 0 aromatic heterocycles. The van der Waals surface area contributed by atoms with Crippen molar-refractivity contribution in [3.8, 4) is 0 Å². The van der Waals surface area contributed by atoms with E-state index in [2.05, 4.69) is 24.3 Å². The largest absolute Gasteiger partial charge is 0.343 e. The van der Waals surface area contributed by atoms with Crippen molar-refractivity contribution in [2.75, 3.05) is 40.3 Å². The van der Waals surface area contributed by atoms with Gasteiger partial charge in [0.05, 0.1) is 0 Å². The molecule has 1 spiro atoms. The summed E-state index contributed by atoms with van der Waals surface area (Å²) in [5.41, 5.74) is 2.89. The first-order chi connectivity index (χ1) is 12.9. The molecule has 0 unspecified atom stereocenters. The van der Waals surface area contributed by atoms with E-state index in [9.17, 15) is 9.59 Å². The minimum atomic E-state index is 0.101. The van der Waals surface area contributed by atoms with E-state index in [1.165, 1.54) is 11.1 Å². The van der Waals surface area contributed by atoms with E-state index in [0.717, 1.165) is 45.4 Å². The van der Waals surface area contributed by atoms with Crippen LogP contribution in [0.2, 0.25) is 0 Å². The Morgan fingerprint density at radius 1 is 1.11 bits per heavy atom. The zero-order valence-electron chi connectivity index (χ0n) is 17.2. The standard InChI is InChI=1S/C22H33N3O2/c1-5-24(6-2)20(26)15-17-16-22(19-10-8-7-9-18(17)19)11-13-25(14-12-22)21(27)23(3)4/h7-10,17H,5-6,11-16H2,1-4H3/t17-/m0/s1. The fourth-order valence-corrected chi connectivity index (χ4v) is 5.01. The van der Waals surface area contributed by atoms with Gasteiger partial charge in [0.1, 0.15) is 0 Å². The quantitative estimate of drug-likeness (QED) is 0.814. The monoisotopic (exact) mass is 371 g/mol. The Labute approximate surface area is 163 Å². The Bertz CT molecular complexity index is 689. The van der Waals surface area contributed by atoms with Gasteiger partial charge in [0, 0.05) is 46.7 Å². The molecule has 1 aromatic carbocycles. The Balaban J connectivity index is 1.78. The van der Waals surface area contributed by atoms with Gasteiger partial charge >= 0.3 is 6.03 Å². The Kier molecular flexibility index (Phi) is 5.78. The molecule has 0 radical (unpaired) electrons. The lowest BCUT2D eigenvalue weighted by molar-refractivity contribution is -0.131. The number of fused-ring (bicyclic) bond motifs is 2. The number of urea groups is 1. The third-order valence-corrected chi connectivity index (χ3v) is 6.52. The van der Waals surface area contributed by atoms with E-state index < -0.39 is 0 Å². The fourth-order valence-electron chi connectivity index (χ4n) is 5.01. The summed E-state index contributed by atoms with van der Waals surface area (Å²) in [6, 6.07) is 8.77. The number of hydrogen-bond donors (Lipinski definition) is 0. The molecule has 3 rings (SSSR count). The molecule has 5 heteroatoms. The Morgan fingerprint density at radius 3 is 2.33 bits per heavy atom. The van der Waals surface area contributed by atoms with Crippen molar-refractivity contribution >= 4 is 11.9 Å². The van der Waals surface area contributed by atoms with Crippen molar-refractivity contribution in [3.63, 3.8) is 0 Å². The number of likely N-dealkylation sites (tertiary alicyclic amines) is 1. The normalized spacial score (nSPS) is 20.4. The molecule has 1 fully saturated rings. The van der Waals surface area contributed by atoms with Gasteiger partial charge in [-0.15, -0.1) is 0 Å². The fraction of sp³-hybridized carbons (Fsp3) is 0.636. The zero-order valence-corrected chi connectivity index (χ0v) is 17.2. The molecule has 0 N–H and O–H groups in total. The molecule has 1 aromatic rings. The van der Waals surface area contributed by atoms with Crippen LogP contribution in [-0.4, -0.2) is 66.9 Å². The average molecular weight is 372 g/mol. The van der Waals surface area contributed by atoms with E-state index in [-0.39, 0.29) is 17.4 Å². The van der Waals surface area contributed by atoms with Crippen LogP contribution in [0, 0.1) is 0 Å². The molecule has 1 aliphatic carbocycles. The molecule has 148 valence electrons. The van der Waals surface area contributed by atoms with Crippen LogP contribution in [0.4, 0.5) is 4.79 Å². The topological polar surface area (TPSA) is 43.9 Å². The highest BCUT2D eigenvalue weighted by molar-refractivity contribution is 5.77. The summed E-state index contributed by atoms with van der Waals surface area (Å²) in [6.07, 6.45) is 3.60. The van der Waals surface area contributed by atoms with Gasteiger partial charge in [-0.3, -0.25) is 4.79 Å². The van der Waals surface area contributed by atoms with Gasteiger partial charge in [-0.1, -0.05) is 24.3 Å². The van der Waals surface area contributed by atoms with E-state index in [1.807, 2.05) is 37.7 Å². The molecule has 2 aliphatic rings. The van der Waals surface area contributed by atoms with Crippen LogP contribution in [0.15, 0.2) is 24.3 Å². The number of hydrogen-bond acceptors (Lipinski definition) is 2. The first-order valence-corrected chi connectivity index (χ1v) is 10.2. The van der Waals surface area contributed by atoms with E-state index in [1.54, 1.807) is 4.90 Å². The summed E-state index contributed by atoms with van der Waals surface area (Å²) < 4.78 is 0. The number of piperidine rings is 1. The SMILES string of the molecule is CCN(CC)C(=O)C[C@H]1CC2(CCN(C(=O)N(C)C)CC2)c2ccccc21. The van der Waals surface area contributed by atoms with Crippen molar-refractivity contribution in [2.24, 2.45) is 0 Å². The van der Waals surface area contributed by atoms with Crippen molar-refractivity contribution in [1.29, 1.82) is 0 Å². The third kappa shape index (κ3) is 3.69. The minimum Gasteiger partial charge on any atom is -0.343 e. The van der Waals surface area contributed by atoms with Gasteiger partial charge in [-0.2, -0.15) is 0 Å². The molecular formula is C22H33N3O2. The average Bonchev–Trinajstić information content (AvgIpc) is 2.96. The molecule has 3 amide bonds. The van der Waals surface area contributed by atoms with Crippen molar-refractivity contribution in [2.45, 2.75) is 50.9 Å². The predicted octanol–water partition coefficient (Wildman–Crippen LogP) is 3.45. The second-order valence-electron chi connectivity index (χ2n) is 8.20. The summed E-state index contributed by atoms with van der Waals surface area (Å²) in [6.45, 7) is 7.23. The van der Waals surface area contributed by atoms with Crippen molar-refractivity contribution in [1.82, 2.24) is 14.7 Å². The number of carbonyl (C=O) groups is 2. The van der Waals surface area contributed by atoms with E-state index in [0.29, 0.717) is 12.3 Å². The first-order valence-electron chi connectivity index (χ1n) is 10.2. The number of nitrogens with zero attached hydrogens (tertiary/aromatic N) is 3. The summed E-state index contributed by atoms with van der Waals surface area (Å²) in [7, 11) is 3.62. The van der Waals surface area contributed by atoms with Crippen LogP contribution in [0.3, 0.4) is 0 Å². The van der Waals surface area contributed by atoms with Gasteiger partial charge in [0.2, 0.25) is 5.91 Å². The maximum absolute atomic E-state index is 12.7. The Morgan fingerprint density at radius 2 is 1.74 bits per heavy atom. The van der Waals surface area contributed by atoms with Crippen molar-refractivity contribution in [3.05, 3.63) is 35.4 Å². The number of amides is 3. The van der Waals surface area contributed by atoms with Crippen LogP contribution < -0.4 is 0 Å². The first kappa shape index (κ1) is 19.7. The molecule has 0 saturated carbocycles. The smallest absolute Gasteiger partial charge is 0.319 e. The summed E-state index contributed by atoms with van der Waals surface area (Å²) in [5.74, 6) is 0.558. The maximum Gasteiger partial charge on any atom is 0.319 e. The predicted molar refractivity (Wildman–Crippen MR) is 108 cm³/mol. The van der Waals surface area contributed by atoms with Crippen LogP contribution in [0.1, 0.15) is 56.6 Å². The number of carbonyl (C=O) groups excluding carboxylic acids is 2. The number of rotatable bonds is 4. The highest BCUT2D eigenvalue weighted by atomic mass is 16.2. The lowest BCUT2D eigenvalue weighted by Gasteiger charge is -2.41. The molecule has 1 heterocycles. The van der Waals surface area contributed by atoms with Crippen molar-refractivity contribution < 1.29 is 9.59 Å². The molecule has 27 heavy (non-hydrogen) atoms. The minimum absolute atomic E-state index is 0.101. The van der Waals surface area contributed by atoms with Gasteiger partial charge in [0.15, 0.2) is 0 Å². The van der Waals surface area contributed by atoms with Gasteiger partial charge < -0.3 is 14.7 Å². The van der Waals surface area contributed by atoms with Crippen LogP contribution in [-0.2, 0) is 10.2 Å². The number of benzene rings is 1. The van der Waals surface area contributed by atoms with Crippen LogP contribution in [0.5, 0.6) is 0 Å². The molecule has 1 atom stereocenters. The third-order valence-electron chi connectivity index (χ3n) is 6.52. The zero-order chi connectivity index (χ0) is 19.6.